The van der Waals surface area contributed by atoms with Crippen molar-refractivity contribution in [1.29, 1.82) is 0 Å². The molecule has 2 atom stereocenters. The monoisotopic (exact) mass is 266 g/mol. The van der Waals surface area contributed by atoms with Crippen molar-refractivity contribution >= 4 is 22.6 Å². The number of benzene rings is 1. The number of aliphatic hydroxyl groups is 1. The minimum Gasteiger partial charge on any atom is -0.458 e. The summed E-state index contributed by atoms with van der Waals surface area (Å²) in [7, 11) is 0. The highest BCUT2D eigenvalue weighted by Crippen LogP contribution is 2.33. The minimum absolute atomic E-state index is 0.120. The number of hydrogen-bond acceptors (Lipinski definition) is 3. The zero-order valence-corrected chi connectivity index (χ0v) is 10.7. The SMILES string of the molecule is OC(c1cc2cc(Cl)ccc2o1)C1CCCOC1. The topological polar surface area (TPSA) is 42.6 Å². The van der Waals surface area contributed by atoms with E-state index in [-0.39, 0.29) is 5.92 Å². The lowest BCUT2D eigenvalue weighted by Gasteiger charge is -2.25. The van der Waals surface area contributed by atoms with Crippen molar-refractivity contribution in [3.8, 4) is 0 Å². The first-order chi connectivity index (χ1) is 8.74. The van der Waals surface area contributed by atoms with Gasteiger partial charge in [0.1, 0.15) is 17.4 Å². The first-order valence-electron chi connectivity index (χ1n) is 6.19. The molecule has 96 valence electrons. The number of aliphatic hydroxyl groups excluding tert-OH is 1. The summed E-state index contributed by atoms with van der Waals surface area (Å²) in [6, 6.07) is 7.31. The normalized spacial score (nSPS) is 22.2. The van der Waals surface area contributed by atoms with Crippen LogP contribution in [0.2, 0.25) is 5.02 Å². The van der Waals surface area contributed by atoms with Crippen molar-refractivity contribution in [2.75, 3.05) is 13.2 Å². The Kier molecular flexibility index (Phi) is 3.29. The van der Waals surface area contributed by atoms with Crippen LogP contribution in [0.5, 0.6) is 0 Å². The molecule has 3 rings (SSSR count). The van der Waals surface area contributed by atoms with Gasteiger partial charge in [-0.1, -0.05) is 11.6 Å². The summed E-state index contributed by atoms with van der Waals surface area (Å²) >= 11 is 5.93. The van der Waals surface area contributed by atoms with Gasteiger partial charge < -0.3 is 14.3 Å². The van der Waals surface area contributed by atoms with Gasteiger partial charge in [-0.05, 0) is 37.1 Å². The fourth-order valence-electron chi connectivity index (χ4n) is 2.43. The predicted molar refractivity (Wildman–Crippen MR) is 69.7 cm³/mol. The molecule has 0 radical (unpaired) electrons. The number of halogens is 1. The molecule has 1 saturated heterocycles. The molecule has 1 aliphatic rings. The van der Waals surface area contributed by atoms with Gasteiger partial charge in [-0.15, -0.1) is 0 Å². The molecule has 0 saturated carbocycles. The van der Waals surface area contributed by atoms with E-state index >= 15 is 0 Å². The number of furan rings is 1. The minimum atomic E-state index is -0.600. The van der Waals surface area contributed by atoms with Crippen LogP contribution in [-0.2, 0) is 4.74 Å². The average molecular weight is 267 g/mol. The van der Waals surface area contributed by atoms with Crippen LogP contribution < -0.4 is 0 Å². The van der Waals surface area contributed by atoms with Gasteiger partial charge >= 0.3 is 0 Å². The predicted octanol–water partition coefficient (Wildman–Crippen LogP) is 3.55. The van der Waals surface area contributed by atoms with Gasteiger partial charge in [-0.25, -0.2) is 0 Å². The average Bonchev–Trinajstić information content (AvgIpc) is 2.81. The first-order valence-corrected chi connectivity index (χ1v) is 6.56. The van der Waals surface area contributed by atoms with Crippen molar-refractivity contribution in [2.45, 2.75) is 18.9 Å². The molecule has 1 N–H and O–H groups in total. The lowest BCUT2D eigenvalue weighted by Crippen LogP contribution is -2.23. The molecule has 2 heterocycles. The van der Waals surface area contributed by atoms with Gasteiger partial charge in [0, 0.05) is 22.9 Å². The summed E-state index contributed by atoms with van der Waals surface area (Å²) in [6.07, 6.45) is 1.36. The third-order valence-corrected chi connectivity index (χ3v) is 3.67. The Morgan fingerprint density at radius 3 is 3.00 bits per heavy atom. The van der Waals surface area contributed by atoms with E-state index < -0.39 is 6.10 Å². The second kappa shape index (κ2) is 4.92. The van der Waals surface area contributed by atoms with Gasteiger partial charge in [-0.2, -0.15) is 0 Å². The molecule has 1 aromatic carbocycles. The van der Waals surface area contributed by atoms with E-state index in [1.54, 1.807) is 6.07 Å². The van der Waals surface area contributed by atoms with Crippen molar-refractivity contribution in [2.24, 2.45) is 5.92 Å². The summed E-state index contributed by atoms with van der Waals surface area (Å²) in [5, 5.41) is 11.9. The number of hydrogen-bond donors (Lipinski definition) is 1. The van der Waals surface area contributed by atoms with Crippen molar-refractivity contribution in [1.82, 2.24) is 0 Å². The Bertz CT molecular complexity index is 543. The Hall–Kier alpha value is -1.03. The van der Waals surface area contributed by atoms with E-state index in [0.717, 1.165) is 30.4 Å². The zero-order valence-electron chi connectivity index (χ0n) is 9.93. The molecule has 18 heavy (non-hydrogen) atoms. The standard InChI is InChI=1S/C14H15ClO3/c15-11-3-4-12-10(6-11)7-13(18-12)14(16)9-2-1-5-17-8-9/h3-4,6-7,9,14,16H,1-2,5,8H2. The van der Waals surface area contributed by atoms with Crippen LogP contribution in [0, 0.1) is 5.92 Å². The van der Waals surface area contributed by atoms with Gasteiger partial charge in [-0.3, -0.25) is 0 Å². The number of fused-ring (bicyclic) bond motifs is 1. The second-order valence-corrected chi connectivity index (χ2v) is 5.19. The molecular formula is C14H15ClO3. The largest absolute Gasteiger partial charge is 0.458 e. The summed E-state index contributed by atoms with van der Waals surface area (Å²) < 4.78 is 11.1. The van der Waals surface area contributed by atoms with Crippen LogP contribution in [0.1, 0.15) is 24.7 Å². The molecule has 4 heteroatoms. The maximum absolute atomic E-state index is 10.3. The summed E-state index contributed by atoms with van der Waals surface area (Å²) in [5.74, 6) is 0.720. The van der Waals surface area contributed by atoms with E-state index in [4.69, 9.17) is 20.8 Å². The van der Waals surface area contributed by atoms with Crippen LogP contribution in [-0.4, -0.2) is 18.3 Å². The quantitative estimate of drug-likeness (QED) is 0.904. The van der Waals surface area contributed by atoms with Crippen LogP contribution >= 0.6 is 11.6 Å². The van der Waals surface area contributed by atoms with E-state index in [9.17, 15) is 5.11 Å². The van der Waals surface area contributed by atoms with Gasteiger partial charge in [0.15, 0.2) is 0 Å². The van der Waals surface area contributed by atoms with E-state index in [2.05, 4.69) is 0 Å². The molecule has 2 unspecified atom stereocenters. The summed E-state index contributed by atoms with van der Waals surface area (Å²) in [5.41, 5.74) is 0.755. The summed E-state index contributed by atoms with van der Waals surface area (Å²) in [6.45, 7) is 1.39. The van der Waals surface area contributed by atoms with Crippen molar-refractivity contribution < 1.29 is 14.3 Å². The maximum Gasteiger partial charge on any atom is 0.134 e. The van der Waals surface area contributed by atoms with E-state index in [1.807, 2.05) is 18.2 Å². The Morgan fingerprint density at radius 2 is 2.22 bits per heavy atom. The third kappa shape index (κ3) is 2.26. The lowest BCUT2D eigenvalue weighted by atomic mass is 9.94. The van der Waals surface area contributed by atoms with E-state index in [1.165, 1.54) is 0 Å². The van der Waals surface area contributed by atoms with Crippen LogP contribution in [0.25, 0.3) is 11.0 Å². The highest BCUT2D eigenvalue weighted by atomic mass is 35.5. The molecular weight excluding hydrogens is 252 g/mol. The highest BCUT2D eigenvalue weighted by molar-refractivity contribution is 6.31. The first kappa shape index (κ1) is 12.0. The Labute approximate surface area is 110 Å². The molecule has 0 aliphatic carbocycles. The fourth-order valence-corrected chi connectivity index (χ4v) is 2.61. The molecule has 0 bridgehead atoms. The number of ether oxygens (including phenoxy) is 1. The van der Waals surface area contributed by atoms with Crippen LogP contribution in [0.4, 0.5) is 0 Å². The van der Waals surface area contributed by atoms with Gasteiger partial charge in [0.25, 0.3) is 0 Å². The molecule has 1 aromatic heterocycles. The molecule has 3 nitrogen and oxygen atoms in total. The Morgan fingerprint density at radius 1 is 1.33 bits per heavy atom. The lowest BCUT2D eigenvalue weighted by molar-refractivity contribution is -0.0173. The molecule has 1 aliphatic heterocycles. The van der Waals surface area contributed by atoms with Crippen molar-refractivity contribution in [3.05, 3.63) is 35.0 Å². The van der Waals surface area contributed by atoms with Crippen LogP contribution in [0.3, 0.4) is 0 Å². The summed E-state index contributed by atoms with van der Waals surface area (Å²) in [4.78, 5) is 0. The van der Waals surface area contributed by atoms with Crippen LogP contribution in [0.15, 0.2) is 28.7 Å². The van der Waals surface area contributed by atoms with Gasteiger partial charge in [0.2, 0.25) is 0 Å². The van der Waals surface area contributed by atoms with Gasteiger partial charge in [0.05, 0.1) is 6.61 Å². The highest BCUT2D eigenvalue weighted by Gasteiger charge is 2.26. The molecule has 1 fully saturated rings. The maximum atomic E-state index is 10.3. The fraction of sp³-hybridized carbons (Fsp3) is 0.429. The Balaban J connectivity index is 1.88. The van der Waals surface area contributed by atoms with Crippen molar-refractivity contribution in [3.63, 3.8) is 0 Å². The second-order valence-electron chi connectivity index (χ2n) is 4.75. The number of rotatable bonds is 2. The molecule has 0 spiro atoms. The molecule has 0 amide bonds. The van der Waals surface area contributed by atoms with E-state index in [0.29, 0.717) is 17.4 Å². The smallest absolute Gasteiger partial charge is 0.134 e. The zero-order chi connectivity index (χ0) is 12.5. The third-order valence-electron chi connectivity index (χ3n) is 3.43. The molecule has 2 aromatic rings.